The van der Waals surface area contributed by atoms with Gasteiger partial charge in [0, 0.05) is 9.50 Å². The predicted molar refractivity (Wildman–Crippen MR) is 57.1 cm³/mol. The van der Waals surface area contributed by atoms with Crippen LogP contribution in [-0.4, -0.2) is 0 Å². The molecule has 1 heterocycles. The zero-order valence-corrected chi connectivity index (χ0v) is 9.42. The van der Waals surface area contributed by atoms with E-state index in [-0.39, 0.29) is 0 Å². The molecule has 3 atom stereocenters. The Bertz CT molecular complexity index is 206. The van der Waals surface area contributed by atoms with Crippen molar-refractivity contribution >= 4 is 54.3 Å². The largest absolute Gasteiger partial charge is 0.140 e. The molecule has 4 heteroatoms. The molecule has 0 saturated carbocycles. The monoisotopic (exact) mass is 194 g/mol. The molecule has 0 radical (unpaired) electrons. The van der Waals surface area contributed by atoms with Crippen molar-refractivity contribution in [2.24, 2.45) is 0 Å². The first-order valence-electron chi connectivity index (χ1n) is 2.52. The molecule has 0 spiro atoms. The fourth-order valence-electron chi connectivity index (χ4n) is 0.597. The average molecular weight is 194 g/mol. The normalized spacial score (nSPS) is 10.2. The van der Waals surface area contributed by atoms with Crippen LogP contribution >= 0.6 is 39.1 Å². The van der Waals surface area contributed by atoms with Crippen LogP contribution in [0.3, 0.4) is 0 Å². The highest BCUT2D eigenvalue weighted by molar-refractivity contribution is 7.51. The SMILES string of the molecule is Cc1sc(P)c(P)c1P. The highest BCUT2D eigenvalue weighted by atomic mass is 32.1. The molecule has 9 heavy (non-hydrogen) atoms. The van der Waals surface area contributed by atoms with Crippen LogP contribution in [-0.2, 0) is 0 Å². The summed E-state index contributed by atoms with van der Waals surface area (Å²) in [6, 6.07) is 0. The molecule has 1 aromatic rings. The second-order valence-corrected chi connectivity index (χ2v) is 5.26. The fraction of sp³-hybridized carbons (Fsp3) is 0.200. The van der Waals surface area contributed by atoms with Crippen molar-refractivity contribution in [1.82, 2.24) is 0 Å². The Hall–Kier alpha value is 0.990. The predicted octanol–water partition coefficient (Wildman–Crippen LogP) is 0.558. The minimum atomic E-state index is 1.31. The van der Waals surface area contributed by atoms with Gasteiger partial charge in [0.25, 0.3) is 0 Å². The van der Waals surface area contributed by atoms with E-state index >= 15 is 0 Å². The van der Waals surface area contributed by atoms with E-state index < -0.39 is 0 Å². The standard InChI is InChI=1S/C5H9P3S/c1-2-3(6)4(7)5(8)9-2/h6-8H2,1H3. The van der Waals surface area contributed by atoms with E-state index in [2.05, 4.69) is 34.6 Å². The van der Waals surface area contributed by atoms with Gasteiger partial charge in [-0.15, -0.1) is 29.8 Å². The number of hydrogen-bond acceptors (Lipinski definition) is 1. The zero-order valence-electron chi connectivity index (χ0n) is 5.14. The summed E-state index contributed by atoms with van der Waals surface area (Å²) < 4.78 is 1.32. The Morgan fingerprint density at radius 1 is 1.11 bits per heavy atom. The molecule has 0 amide bonds. The van der Waals surface area contributed by atoms with Gasteiger partial charge in [-0.25, -0.2) is 0 Å². The maximum absolute atomic E-state index is 2.74. The minimum Gasteiger partial charge on any atom is -0.140 e. The van der Waals surface area contributed by atoms with E-state index in [1.807, 2.05) is 11.3 Å². The van der Waals surface area contributed by atoms with Crippen molar-refractivity contribution in [1.29, 1.82) is 0 Å². The van der Waals surface area contributed by atoms with E-state index in [0.29, 0.717) is 0 Å². The maximum atomic E-state index is 2.74. The van der Waals surface area contributed by atoms with Crippen LogP contribution in [0.5, 0.6) is 0 Å². The molecule has 1 aromatic heterocycles. The average Bonchev–Trinajstić information content (AvgIpc) is 1.98. The Morgan fingerprint density at radius 3 is 1.78 bits per heavy atom. The molecule has 0 N–H and O–H groups in total. The lowest BCUT2D eigenvalue weighted by Gasteiger charge is -1.88. The molecule has 0 bridgehead atoms. The van der Waals surface area contributed by atoms with E-state index in [1.54, 1.807) is 0 Å². The zero-order chi connectivity index (χ0) is 7.02. The van der Waals surface area contributed by atoms with Gasteiger partial charge in [-0.1, -0.05) is 9.24 Å². The van der Waals surface area contributed by atoms with Crippen molar-refractivity contribution in [2.75, 3.05) is 0 Å². The highest BCUT2D eigenvalue weighted by Gasteiger charge is 2.02. The second kappa shape index (κ2) is 2.93. The molecule has 3 unspecified atom stereocenters. The smallest absolute Gasteiger partial charge is 0.0296 e. The summed E-state index contributed by atoms with van der Waals surface area (Å²) in [4.78, 5) is 1.38. The van der Waals surface area contributed by atoms with Gasteiger partial charge in [0.05, 0.1) is 0 Å². The lowest BCUT2D eigenvalue weighted by Crippen LogP contribution is -2.15. The van der Waals surface area contributed by atoms with Crippen molar-refractivity contribution in [3.8, 4) is 0 Å². The summed E-state index contributed by atoms with van der Waals surface area (Å²) in [7, 11) is 8.20. The van der Waals surface area contributed by atoms with Crippen molar-refractivity contribution < 1.29 is 0 Å². The summed E-state index contributed by atoms with van der Waals surface area (Å²) in [6.07, 6.45) is 0. The van der Waals surface area contributed by atoms with Gasteiger partial charge in [0.2, 0.25) is 0 Å². The first-order valence-corrected chi connectivity index (χ1v) is 5.07. The van der Waals surface area contributed by atoms with Crippen LogP contribution in [0.1, 0.15) is 4.88 Å². The summed E-state index contributed by atoms with van der Waals surface area (Å²) in [6.45, 7) is 2.13. The van der Waals surface area contributed by atoms with Gasteiger partial charge in [-0.2, -0.15) is 0 Å². The summed E-state index contributed by atoms with van der Waals surface area (Å²) in [5.41, 5.74) is 0. The van der Waals surface area contributed by atoms with E-state index in [0.717, 1.165) is 0 Å². The van der Waals surface area contributed by atoms with Crippen molar-refractivity contribution in [2.45, 2.75) is 6.92 Å². The van der Waals surface area contributed by atoms with Crippen molar-refractivity contribution in [3.05, 3.63) is 4.88 Å². The lowest BCUT2D eigenvalue weighted by atomic mass is 10.5. The topological polar surface area (TPSA) is 0 Å². The van der Waals surface area contributed by atoms with Crippen LogP contribution in [0.2, 0.25) is 0 Å². The summed E-state index contributed by atoms with van der Waals surface area (Å²) >= 11 is 1.82. The maximum Gasteiger partial charge on any atom is 0.0296 e. The van der Waals surface area contributed by atoms with Crippen LogP contribution < -0.4 is 15.2 Å². The molecular weight excluding hydrogens is 185 g/mol. The molecule has 0 aromatic carbocycles. The van der Waals surface area contributed by atoms with Gasteiger partial charge in [-0.05, 0) is 17.5 Å². The number of rotatable bonds is 0. The third kappa shape index (κ3) is 1.52. The van der Waals surface area contributed by atoms with E-state index in [9.17, 15) is 0 Å². The van der Waals surface area contributed by atoms with Gasteiger partial charge in [0.1, 0.15) is 0 Å². The number of thiophene rings is 1. The fourth-order valence-corrected chi connectivity index (χ4v) is 3.15. The lowest BCUT2D eigenvalue weighted by molar-refractivity contribution is 1.70. The van der Waals surface area contributed by atoms with Crippen LogP contribution in [0.15, 0.2) is 0 Å². The summed E-state index contributed by atoms with van der Waals surface area (Å²) in [5.74, 6) is 0. The number of aryl methyl sites for hydroxylation is 1. The third-order valence-corrected chi connectivity index (χ3v) is 5.28. The van der Waals surface area contributed by atoms with Crippen molar-refractivity contribution in [3.63, 3.8) is 0 Å². The van der Waals surface area contributed by atoms with Gasteiger partial charge >= 0.3 is 0 Å². The van der Waals surface area contributed by atoms with Crippen LogP contribution in [0.25, 0.3) is 0 Å². The molecular formula is C5H9P3S. The first kappa shape index (κ1) is 8.09. The Morgan fingerprint density at radius 2 is 1.67 bits per heavy atom. The molecule has 1 rings (SSSR count). The number of hydrogen-bond donors (Lipinski definition) is 0. The molecule has 0 saturated heterocycles. The molecule has 50 valence electrons. The molecule has 0 aliphatic rings. The second-order valence-electron chi connectivity index (χ2n) is 1.85. The van der Waals surface area contributed by atoms with E-state index in [4.69, 9.17) is 0 Å². The van der Waals surface area contributed by atoms with Gasteiger partial charge in [-0.3, -0.25) is 0 Å². The van der Waals surface area contributed by atoms with Gasteiger partial charge < -0.3 is 0 Å². The van der Waals surface area contributed by atoms with Crippen LogP contribution in [0, 0.1) is 6.92 Å². The molecule has 0 fully saturated rings. The quantitative estimate of drug-likeness (QED) is 0.529. The molecule has 0 aliphatic heterocycles. The Balaban J connectivity index is 3.29. The van der Waals surface area contributed by atoms with Crippen LogP contribution in [0.4, 0.5) is 0 Å². The van der Waals surface area contributed by atoms with E-state index in [1.165, 1.54) is 20.1 Å². The Labute approximate surface area is 66.4 Å². The minimum absolute atomic E-state index is 1.31. The first-order chi connectivity index (χ1) is 4.13. The molecule has 0 nitrogen and oxygen atoms in total. The molecule has 0 aliphatic carbocycles. The third-order valence-electron chi connectivity index (χ3n) is 1.20. The highest BCUT2D eigenvalue weighted by Crippen LogP contribution is 2.08. The Kier molecular flexibility index (Phi) is 2.64. The van der Waals surface area contributed by atoms with Gasteiger partial charge in [0.15, 0.2) is 0 Å². The summed E-state index contributed by atoms with van der Waals surface area (Å²) in [5, 5.41) is 2.64.